The number of fused-ring (bicyclic) bond motifs is 1. The summed E-state index contributed by atoms with van der Waals surface area (Å²) in [6.45, 7) is 0.578. The van der Waals surface area contributed by atoms with E-state index in [1.807, 2.05) is 18.2 Å². The van der Waals surface area contributed by atoms with Gasteiger partial charge in [-0.2, -0.15) is 0 Å². The van der Waals surface area contributed by atoms with Crippen LogP contribution in [-0.2, 0) is 6.42 Å². The summed E-state index contributed by atoms with van der Waals surface area (Å²) in [5.74, 6) is 1.61. The van der Waals surface area contributed by atoms with Gasteiger partial charge in [-0.25, -0.2) is 9.97 Å². The van der Waals surface area contributed by atoms with Crippen molar-refractivity contribution in [2.75, 3.05) is 19.0 Å². The van der Waals surface area contributed by atoms with E-state index in [-0.39, 0.29) is 0 Å². The summed E-state index contributed by atoms with van der Waals surface area (Å²) in [5, 5.41) is 3.11. The van der Waals surface area contributed by atoms with Gasteiger partial charge in [0.15, 0.2) is 0 Å². The third-order valence-corrected chi connectivity index (χ3v) is 3.47. The number of rotatable bonds is 6. The number of hydrogen-bond donors (Lipinski definition) is 3. The first-order valence-corrected chi connectivity index (χ1v) is 7.18. The molecule has 7 nitrogen and oxygen atoms in total. The summed E-state index contributed by atoms with van der Waals surface area (Å²) >= 11 is 0. The first-order chi connectivity index (χ1) is 11.2. The molecule has 0 bridgehead atoms. The minimum absolute atomic E-state index is 0.377. The number of pyridine rings is 1. The zero-order valence-electron chi connectivity index (χ0n) is 12.7. The lowest BCUT2D eigenvalue weighted by molar-refractivity contribution is 0.100. The third kappa shape index (κ3) is 3.23. The monoisotopic (exact) mass is 311 g/mol. The Morgan fingerprint density at radius 1 is 1.39 bits per heavy atom. The number of nitrogens with one attached hydrogen (secondary N) is 2. The standard InChI is InChI=1S/C16H17N5O2/c1-23-10-4-5-12-13(9-10)21-14(20-12)6-8-19-16-11(15(17)22)3-2-7-18-16/h2-5,7,9H,6,8H2,1H3,(H2,17,22)(H,18,19)(H,20,21). The van der Waals surface area contributed by atoms with Gasteiger partial charge in [-0.15, -0.1) is 0 Å². The molecule has 118 valence electrons. The van der Waals surface area contributed by atoms with E-state index < -0.39 is 5.91 Å². The Bertz CT molecular complexity index is 843. The zero-order valence-corrected chi connectivity index (χ0v) is 12.7. The molecule has 1 aromatic carbocycles. The zero-order chi connectivity index (χ0) is 16.2. The molecule has 7 heteroatoms. The number of aromatic nitrogens is 3. The molecule has 1 amide bonds. The van der Waals surface area contributed by atoms with Crippen molar-refractivity contribution in [3.05, 3.63) is 47.9 Å². The van der Waals surface area contributed by atoms with Crippen LogP contribution in [0.25, 0.3) is 11.0 Å². The van der Waals surface area contributed by atoms with Crippen LogP contribution >= 0.6 is 0 Å². The number of carbonyl (C=O) groups is 1. The van der Waals surface area contributed by atoms with Crippen molar-refractivity contribution in [1.82, 2.24) is 15.0 Å². The SMILES string of the molecule is COc1ccc2nc(CCNc3ncccc3C(N)=O)[nH]c2c1. The molecule has 2 aromatic heterocycles. The van der Waals surface area contributed by atoms with Gasteiger partial charge in [0.25, 0.3) is 5.91 Å². The maximum atomic E-state index is 11.3. The second-order valence-electron chi connectivity index (χ2n) is 5.01. The van der Waals surface area contributed by atoms with Gasteiger partial charge in [0.2, 0.25) is 0 Å². The molecular formula is C16H17N5O2. The minimum Gasteiger partial charge on any atom is -0.497 e. The number of carbonyl (C=O) groups excluding carboxylic acids is 1. The molecular weight excluding hydrogens is 294 g/mol. The molecule has 0 aliphatic rings. The summed E-state index contributed by atoms with van der Waals surface area (Å²) in [6, 6.07) is 9.01. The highest BCUT2D eigenvalue weighted by atomic mass is 16.5. The predicted molar refractivity (Wildman–Crippen MR) is 87.6 cm³/mol. The molecule has 23 heavy (non-hydrogen) atoms. The third-order valence-electron chi connectivity index (χ3n) is 3.47. The van der Waals surface area contributed by atoms with Crippen molar-refractivity contribution in [2.24, 2.45) is 5.73 Å². The first kappa shape index (κ1) is 14.8. The van der Waals surface area contributed by atoms with Gasteiger partial charge in [-0.1, -0.05) is 0 Å². The highest BCUT2D eigenvalue weighted by molar-refractivity contribution is 5.97. The van der Waals surface area contributed by atoms with E-state index in [0.717, 1.165) is 22.6 Å². The number of H-pyrrole nitrogens is 1. The van der Waals surface area contributed by atoms with Crippen LogP contribution in [-0.4, -0.2) is 34.5 Å². The van der Waals surface area contributed by atoms with Crippen LogP contribution in [0.5, 0.6) is 5.75 Å². The number of nitrogens with two attached hydrogens (primary N) is 1. The molecule has 0 aliphatic heterocycles. The fourth-order valence-electron chi connectivity index (χ4n) is 2.33. The van der Waals surface area contributed by atoms with E-state index in [9.17, 15) is 4.79 Å². The number of imidazole rings is 1. The second-order valence-corrected chi connectivity index (χ2v) is 5.01. The van der Waals surface area contributed by atoms with Crippen LogP contribution in [0, 0.1) is 0 Å². The Hall–Kier alpha value is -3.09. The van der Waals surface area contributed by atoms with Crippen LogP contribution in [0.15, 0.2) is 36.5 Å². The van der Waals surface area contributed by atoms with Crippen LogP contribution in [0.4, 0.5) is 5.82 Å². The Morgan fingerprint density at radius 3 is 3.04 bits per heavy atom. The number of ether oxygens (including phenoxy) is 1. The Kier molecular flexibility index (Phi) is 4.09. The van der Waals surface area contributed by atoms with Crippen molar-refractivity contribution in [3.8, 4) is 5.75 Å². The van der Waals surface area contributed by atoms with Crippen molar-refractivity contribution in [1.29, 1.82) is 0 Å². The summed E-state index contributed by atoms with van der Waals surface area (Å²) in [6.07, 6.45) is 2.27. The Labute approximate surface area is 132 Å². The molecule has 3 rings (SSSR count). The molecule has 0 unspecified atom stereocenters. The van der Waals surface area contributed by atoms with Crippen molar-refractivity contribution in [3.63, 3.8) is 0 Å². The van der Waals surface area contributed by atoms with E-state index in [2.05, 4.69) is 20.3 Å². The molecule has 0 fully saturated rings. The van der Waals surface area contributed by atoms with Gasteiger partial charge in [0.05, 0.1) is 23.7 Å². The minimum atomic E-state index is -0.503. The summed E-state index contributed by atoms with van der Waals surface area (Å²) in [7, 11) is 1.63. The number of primary amides is 1. The second kappa shape index (κ2) is 6.35. The van der Waals surface area contributed by atoms with E-state index in [1.54, 1.807) is 25.4 Å². The number of methoxy groups -OCH3 is 1. The molecule has 0 atom stereocenters. The summed E-state index contributed by atoms with van der Waals surface area (Å²) in [5.41, 5.74) is 7.51. The van der Waals surface area contributed by atoms with Crippen LogP contribution in [0.3, 0.4) is 0 Å². The lowest BCUT2D eigenvalue weighted by Gasteiger charge is -2.07. The maximum absolute atomic E-state index is 11.3. The van der Waals surface area contributed by atoms with E-state index >= 15 is 0 Å². The number of aromatic amines is 1. The number of benzene rings is 1. The van der Waals surface area contributed by atoms with E-state index in [0.29, 0.717) is 24.3 Å². The molecule has 0 saturated carbocycles. The van der Waals surface area contributed by atoms with Gasteiger partial charge >= 0.3 is 0 Å². The van der Waals surface area contributed by atoms with Gasteiger partial charge in [-0.05, 0) is 24.3 Å². The smallest absolute Gasteiger partial charge is 0.252 e. The number of anilines is 1. The number of hydrogen-bond acceptors (Lipinski definition) is 5. The average Bonchev–Trinajstić information content (AvgIpc) is 2.96. The van der Waals surface area contributed by atoms with Crippen molar-refractivity contribution >= 4 is 22.8 Å². The summed E-state index contributed by atoms with van der Waals surface area (Å²) in [4.78, 5) is 23.2. The van der Waals surface area contributed by atoms with Gasteiger partial charge in [0, 0.05) is 25.2 Å². The predicted octanol–water partition coefficient (Wildman–Crippen LogP) is 1.72. The van der Waals surface area contributed by atoms with Crippen molar-refractivity contribution < 1.29 is 9.53 Å². The van der Waals surface area contributed by atoms with Crippen LogP contribution in [0.2, 0.25) is 0 Å². The molecule has 0 radical (unpaired) electrons. The molecule has 2 heterocycles. The first-order valence-electron chi connectivity index (χ1n) is 7.18. The summed E-state index contributed by atoms with van der Waals surface area (Å²) < 4.78 is 5.19. The highest BCUT2D eigenvalue weighted by Crippen LogP contribution is 2.19. The Balaban J connectivity index is 1.68. The normalized spacial score (nSPS) is 10.7. The fraction of sp³-hybridized carbons (Fsp3) is 0.188. The molecule has 4 N–H and O–H groups in total. The molecule has 0 aliphatic carbocycles. The molecule has 0 saturated heterocycles. The van der Waals surface area contributed by atoms with Crippen LogP contribution in [0.1, 0.15) is 16.2 Å². The quantitative estimate of drug-likeness (QED) is 0.642. The Morgan fingerprint density at radius 2 is 2.26 bits per heavy atom. The lowest BCUT2D eigenvalue weighted by atomic mass is 10.2. The fourth-order valence-corrected chi connectivity index (χ4v) is 2.33. The average molecular weight is 311 g/mol. The van der Waals surface area contributed by atoms with Gasteiger partial charge in [-0.3, -0.25) is 4.79 Å². The largest absolute Gasteiger partial charge is 0.497 e. The van der Waals surface area contributed by atoms with Gasteiger partial charge in [0.1, 0.15) is 17.4 Å². The topological polar surface area (TPSA) is 106 Å². The van der Waals surface area contributed by atoms with Gasteiger partial charge < -0.3 is 20.8 Å². The lowest BCUT2D eigenvalue weighted by Crippen LogP contribution is -2.16. The maximum Gasteiger partial charge on any atom is 0.252 e. The van der Waals surface area contributed by atoms with Crippen LogP contribution < -0.4 is 15.8 Å². The molecule has 3 aromatic rings. The van der Waals surface area contributed by atoms with E-state index in [1.165, 1.54) is 0 Å². The van der Waals surface area contributed by atoms with E-state index in [4.69, 9.17) is 10.5 Å². The van der Waals surface area contributed by atoms with Crippen molar-refractivity contribution in [2.45, 2.75) is 6.42 Å². The highest BCUT2D eigenvalue weighted by Gasteiger charge is 2.09. The number of nitrogens with zero attached hydrogens (tertiary/aromatic N) is 2. The molecule has 0 spiro atoms. The number of amides is 1.